The van der Waals surface area contributed by atoms with Crippen molar-refractivity contribution in [1.29, 1.82) is 0 Å². The average molecular weight is 597 g/mol. The number of nitrogens with one attached hydrogen (secondary N) is 1. The fourth-order valence-electron chi connectivity index (χ4n) is 4.59. The van der Waals surface area contributed by atoms with Crippen LogP contribution in [0.15, 0.2) is 71.9 Å². The number of allylic oxidation sites excluding steroid dienone is 5. The Labute approximate surface area is 250 Å². The molecule has 1 aliphatic heterocycles. The van der Waals surface area contributed by atoms with Gasteiger partial charge in [0, 0.05) is 29.9 Å². The third-order valence-electron chi connectivity index (χ3n) is 7.00. The van der Waals surface area contributed by atoms with Crippen molar-refractivity contribution in [2.24, 2.45) is 0 Å². The Bertz CT molecular complexity index is 1410. The molecule has 0 aliphatic carbocycles. The third kappa shape index (κ3) is 9.28. The molecule has 0 fully saturated rings. The molecular formula is C33H45N2O6P. The van der Waals surface area contributed by atoms with Gasteiger partial charge in [0.05, 0.1) is 18.0 Å². The fraction of sp³-hybridized carbons (Fsp3) is 0.394. The smallest absolute Gasteiger partial charge is 0.508 e. The van der Waals surface area contributed by atoms with E-state index < -0.39 is 7.82 Å². The number of nitrogens with zero attached hydrogens (tertiary/aromatic N) is 1. The molecule has 1 aliphatic rings. The average Bonchev–Trinajstić information content (AvgIpc) is 3.02. The molecule has 8 nitrogen and oxygen atoms in total. The summed E-state index contributed by atoms with van der Waals surface area (Å²) in [5, 5.41) is 24.5. The van der Waals surface area contributed by atoms with Gasteiger partial charge in [-0.3, -0.25) is 9.42 Å². The van der Waals surface area contributed by atoms with E-state index in [0.717, 1.165) is 32.1 Å². The number of anilines is 3. The summed E-state index contributed by atoms with van der Waals surface area (Å²) in [6, 6.07) is 7.87. The Morgan fingerprint density at radius 2 is 1.71 bits per heavy atom. The predicted molar refractivity (Wildman–Crippen MR) is 173 cm³/mol. The van der Waals surface area contributed by atoms with Gasteiger partial charge in [0.2, 0.25) is 0 Å². The maximum absolute atomic E-state index is 12.8. The first-order valence-corrected chi connectivity index (χ1v) is 16.0. The second kappa shape index (κ2) is 15.1. The maximum Gasteiger partial charge on any atom is 0.527 e. The lowest BCUT2D eigenvalue weighted by Gasteiger charge is -2.27. The van der Waals surface area contributed by atoms with E-state index in [1.165, 1.54) is 28.9 Å². The first-order chi connectivity index (χ1) is 19.9. The highest BCUT2D eigenvalue weighted by atomic mass is 31.2. The van der Waals surface area contributed by atoms with Crippen LogP contribution in [0, 0.1) is 0 Å². The minimum absolute atomic E-state index is 0.0229. The molecule has 3 rings (SSSR count). The van der Waals surface area contributed by atoms with Gasteiger partial charge in [-0.1, -0.05) is 67.0 Å². The minimum Gasteiger partial charge on any atom is -0.508 e. The van der Waals surface area contributed by atoms with Crippen LogP contribution in [0.1, 0.15) is 78.7 Å². The highest BCUT2D eigenvalue weighted by Gasteiger charge is 2.31. The minimum atomic E-state index is -4.50. The highest BCUT2D eigenvalue weighted by Crippen LogP contribution is 2.53. The standard InChI is InChI=1S/C33H45N2O6P/c1-7-8-20-40-42(38,39)41-31-22-27(36)21-29-33(31)34-32-28(16-11-17-30(32)37)26(6)35(29)19-18-25(5)15-10-14-24(4)13-9-12-23(2)3/h11-12,14,16-18,21-22,34,36-37H,6-10,13,15,19-20H2,1-5H3,(H,38,39)/b24-14+,25-18+. The number of hydrogen-bond donors (Lipinski definition) is 4. The van der Waals surface area contributed by atoms with Crippen molar-refractivity contribution in [2.45, 2.75) is 73.1 Å². The summed E-state index contributed by atoms with van der Waals surface area (Å²) < 4.78 is 23.3. The summed E-state index contributed by atoms with van der Waals surface area (Å²) in [4.78, 5) is 12.3. The first-order valence-electron chi connectivity index (χ1n) is 14.5. The summed E-state index contributed by atoms with van der Waals surface area (Å²) in [5.41, 5.74) is 6.26. The molecular weight excluding hydrogens is 551 g/mol. The van der Waals surface area contributed by atoms with Crippen molar-refractivity contribution in [1.82, 2.24) is 0 Å². The van der Waals surface area contributed by atoms with Crippen molar-refractivity contribution in [2.75, 3.05) is 23.4 Å². The third-order valence-corrected chi connectivity index (χ3v) is 7.93. The number of hydrogen-bond acceptors (Lipinski definition) is 7. The number of para-hydroxylation sites is 1. The van der Waals surface area contributed by atoms with Crippen LogP contribution >= 0.6 is 7.82 Å². The molecule has 0 bridgehead atoms. The van der Waals surface area contributed by atoms with Crippen molar-refractivity contribution in [3.05, 3.63) is 77.4 Å². The van der Waals surface area contributed by atoms with Crippen molar-refractivity contribution in [3.63, 3.8) is 0 Å². The molecule has 0 saturated heterocycles. The molecule has 2 aromatic rings. The number of phosphoric acid groups is 1. The largest absolute Gasteiger partial charge is 0.527 e. The topological polar surface area (TPSA) is 111 Å². The van der Waals surface area contributed by atoms with E-state index in [1.54, 1.807) is 12.1 Å². The van der Waals surface area contributed by atoms with Gasteiger partial charge in [0.25, 0.3) is 0 Å². The highest BCUT2D eigenvalue weighted by molar-refractivity contribution is 7.47. The van der Waals surface area contributed by atoms with Crippen LogP contribution < -0.4 is 14.7 Å². The van der Waals surface area contributed by atoms with Gasteiger partial charge < -0.3 is 25.0 Å². The van der Waals surface area contributed by atoms with E-state index in [-0.39, 0.29) is 23.9 Å². The number of phenols is 2. The SMILES string of the molecule is C=C1c2cccc(O)c2Nc2c(OP(=O)(O)OCCCC)cc(O)cc2N1C/C=C(\C)CC/C=C(\C)CCC=C(C)C. The zero-order valence-corrected chi connectivity index (χ0v) is 26.3. The van der Waals surface area contributed by atoms with Gasteiger partial charge in [0.15, 0.2) is 5.75 Å². The Balaban J connectivity index is 1.91. The lowest BCUT2D eigenvalue weighted by atomic mass is 10.1. The Morgan fingerprint density at radius 1 is 1.02 bits per heavy atom. The second-order valence-corrected chi connectivity index (χ2v) is 12.3. The van der Waals surface area contributed by atoms with Gasteiger partial charge in [-0.2, -0.15) is 0 Å². The molecule has 228 valence electrons. The van der Waals surface area contributed by atoms with Gasteiger partial charge in [-0.15, -0.1) is 0 Å². The van der Waals surface area contributed by atoms with Crippen LogP contribution in [0.25, 0.3) is 5.70 Å². The molecule has 1 unspecified atom stereocenters. The first kappa shape index (κ1) is 33.1. The van der Waals surface area contributed by atoms with Crippen molar-refractivity contribution < 1.29 is 28.7 Å². The summed E-state index contributed by atoms with van der Waals surface area (Å²) in [6.07, 6.45) is 12.0. The Hall–Kier alpha value is -3.45. The van der Waals surface area contributed by atoms with Crippen LogP contribution in [0.5, 0.6) is 17.2 Å². The molecule has 1 heterocycles. The molecule has 42 heavy (non-hydrogen) atoms. The lowest BCUT2D eigenvalue weighted by Crippen LogP contribution is -2.21. The number of unbranched alkanes of at least 4 members (excludes halogenated alkanes) is 1. The van der Waals surface area contributed by atoms with E-state index in [0.29, 0.717) is 41.3 Å². The van der Waals surface area contributed by atoms with Crippen molar-refractivity contribution in [3.8, 4) is 17.2 Å². The van der Waals surface area contributed by atoms with E-state index in [4.69, 9.17) is 9.05 Å². The van der Waals surface area contributed by atoms with E-state index in [9.17, 15) is 19.7 Å². The molecule has 1 atom stereocenters. The van der Waals surface area contributed by atoms with Crippen LogP contribution in [0.2, 0.25) is 0 Å². The number of phosphoric ester groups is 1. The number of aromatic hydroxyl groups is 2. The van der Waals surface area contributed by atoms with E-state index in [2.05, 4.69) is 57.8 Å². The van der Waals surface area contributed by atoms with Crippen LogP contribution in [0.3, 0.4) is 0 Å². The molecule has 0 spiro atoms. The summed E-state index contributed by atoms with van der Waals surface area (Å²) in [7, 11) is -4.50. The fourth-order valence-corrected chi connectivity index (χ4v) is 5.40. The molecule has 2 aromatic carbocycles. The summed E-state index contributed by atoms with van der Waals surface area (Å²) >= 11 is 0. The van der Waals surface area contributed by atoms with E-state index >= 15 is 0 Å². The molecule has 4 N–H and O–H groups in total. The lowest BCUT2D eigenvalue weighted by molar-refractivity contribution is 0.201. The summed E-state index contributed by atoms with van der Waals surface area (Å²) in [6.45, 7) is 15.2. The zero-order chi connectivity index (χ0) is 30.9. The van der Waals surface area contributed by atoms with Crippen LogP contribution in [0.4, 0.5) is 17.1 Å². The molecule has 0 aromatic heterocycles. The monoisotopic (exact) mass is 596 g/mol. The summed E-state index contributed by atoms with van der Waals surface area (Å²) in [5.74, 6) is -0.275. The second-order valence-electron chi connectivity index (χ2n) is 10.9. The normalized spacial score (nSPS) is 14.8. The van der Waals surface area contributed by atoms with Crippen LogP contribution in [-0.2, 0) is 9.09 Å². The van der Waals surface area contributed by atoms with Crippen LogP contribution in [-0.4, -0.2) is 28.3 Å². The predicted octanol–water partition coefficient (Wildman–Crippen LogP) is 9.35. The van der Waals surface area contributed by atoms with Gasteiger partial charge in [-0.05, 0) is 65.9 Å². The number of benzene rings is 2. The Kier molecular flexibility index (Phi) is 11.9. The van der Waals surface area contributed by atoms with Gasteiger partial charge in [0.1, 0.15) is 17.2 Å². The van der Waals surface area contributed by atoms with E-state index in [1.807, 2.05) is 17.9 Å². The molecule has 9 heteroatoms. The quantitative estimate of drug-likeness (QED) is 0.0561. The number of fused-ring (bicyclic) bond motifs is 2. The van der Waals surface area contributed by atoms with Crippen molar-refractivity contribution >= 4 is 30.6 Å². The molecule has 0 amide bonds. The zero-order valence-electron chi connectivity index (χ0n) is 25.4. The Morgan fingerprint density at radius 3 is 2.40 bits per heavy atom. The molecule has 0 saturated carbocycles. The van der Waals surface area contributed by atoms with Gasteiger partial charge >= 0.3 is 7.82 Å². The molecule has 0 radical (unpaired) electrons. The maximum atomic E-state index is 12.8. The van der Waals surface area contributed by atoms with Gasteiger partial charge in [-0.25, -0.2) is 4.57 Å². The number of phenolic OH excluding ortho intramolecular Hbond substituents is 2. The number of rotatable bonds is 14.